The molecule has 78 valence electrons. The fourth-order valence-corrected chi connectivity index (χ4v) is 1.37. The van der Waals surface area contributed by atoms with Gasteiger partial charge >= 0.3 is 0 Å². The van der Waals surface area contributed by atoms with Crippen molar-refractivity contribution in [3.63, 3.8) is 0 Å². The van der Waals surface area contributed by atoms with Crippen molar-refractivity contribution in [3.05, 3.63) is 33.8 Å². The van der Waals surface area contributed by atoms with Crippen LogP contribution in [0.3, 0.4) is 0 Å². The van der Waals surface area contributed by atoms with E-state index >= 15 is 0 Å². The number of nitrogens with zero attached hydrogens (tertiary/aromatic N) is 1. The lowest BCUT2D eigenvalue weighted by Gasteiger charge is -2.02. The Morgan fingerprint density at radius 3 is 2.64 bits per heavy atom. The molecule has 0 amide bonds. The highest BCUT2D eigenvalue weighted by molar-refractivity contribution is 9.10. The van der Waals surface area contributed by atoms with Crippen molar-refractivity contribution < 1.29 is 0 Å². The maximum Gasteiger partial charge on any atom is 0.186 e. The van der Waals surface area contributed by atoms with E-state index < -0.39 is 0 Å². The van der Waals surface area contributed by atoms with Gasteiger partial charge in [0.1, 0.15) is 0 Å². The molecule has 0 atom stereocenters. The number of hydrogen-bond acceptors (Lipinski definition) is 1. The lowest BCUT2D eigenvalue weighted by molar-refractivity contribution is 1.04. The van der Waals surface area contributed by atoms with Gasteiger partial charge in [-0.25, -0.2) is 4.99 Å². The Kier molecular flexibility index (Phi) is 5.57. The molecule has 0 aliphatic carbocycles. The van der Waals surface area contributed by atoms with Crippen molar-refractivity contribution >= 4 is 34.3 Å². The lowest BCUT2D eigenvalue weighted by Crippen LogP contribution is -2.22. The smallest absolute Gasteiger partial charge is 0.186 e. The molecule has 1 aromatic carbocycles. The number of benzene rings is 1. The number of aliphatic imine (C=N–C) groups is 1. The quantitative estimate of drug-likeness (QED) is 0.641. The largest absolute Gasteiger partial charge is 0.370 e. The highest BCUT2D eigenvalue weighted by Gasteiger charge is 1.98. The minimum Gasteiger partial charge on any atom is -0.370 e. The van der Waals surface area contributed by atoms with E-state index in [-0.39, 0.29) is 18.4 Å². The van der Waals surface area contributed by atoms with E-state index in [1.165, 1.54) is 5.56 Å². The molecule has 5 heteroatoms. The third-order valence-corrected chi connectivity index (χ3v) is 2.41. The van der Waals surface area contributed by atoms with E-state index in [1.54, 1.807) is 0 Å². The summed E-state index contributed by atoms with van der Waals surface area (Å²) in [5.41, 5.74) is 12.8. The van der Waals surface area contributed by atoms with Gasteiger partial charge in [0.15, 0.2) is 5.96 Å². The van der Waals surface area contributed by atoms with Crippen LogP contribution in [0.4, 0.5) is 0 Å². The number of rotatable bonds is 2. The molecule has 3 nitrogen and oxygen atoms in total. The van der Waals surface area contributed by atoms with Gasteiger partial charge in [-0.3, -0.25) is 0 Å². The molecule has 4 N–H and O–H groups in total. The Bertz CT molecular complexity index is 335. The van der Waals surface area contributed by atoms with Crippen LogP contribution in [-0.4, -0.2) is 5.96 Å². The molecule has 0 aliphatic rings. The standard InChI is InChI=1S/C9H12BrN3.ClH/c1-6-2-3-8(10)7(4-6)5-13-9(11)12;/h2-4H,5H2,1H3,(H4,11,12,13);1H. The highest BCUT2D eigenvalue weighted by atomic mass is 79.9. The maximum absolute atomic E-state index is 5.24. The Morgan fingerprint density at radius 2 is 2.07 bits per heavy atom. The third-order valence-electron chi connectivity index (χ3n) is 1.63. The number of aryl methyl sites for hydroxylation is 1. The van der Waals surface area contributed by atoms with Crippen molar-refractivity contribution in [1.82, 2.24) is 0 Å². The van der Waals surface area contributed by atoms with E-state index in [0.717, 1.165) is 10.0 Å². The Balaban J connectivity index is 0.00000169. The summed E-state index contributed by atoms with van der Waals surface area (Å²) in [7, 11) is 0. The molecule has 0 aromatic heterocycles. The number of nitrogens with two attached hydrogens (primary N) is 2. The van der Waals surface area contributed by atoms with Gasteiger partial charge in [-0.15, -0.1) is 12.4 Å². The van der Waals surface area contributed by atoms with Crippen LogP contribution in [0, 0.1) is 6.92 Å². The molecular weight excluding hydrogens is 265 g/mol. The molecular formula is C9H13BrClN3. The second-order valence-corrected chi connectivity index (χ2v) is 3.69. The van der Waals surface area contributed by atoms with Crippen LogP contribution in [0.15, 0.2) is 27.7 Å². The Hall–Kier alpha value is -0.740. The predicted molar refractivity (Wildman–Crippen MR) is 65.6 cm³/mol. The molecule has 1 aromatic rings. The van der Waals surface area contributed by atoms with E-state index in [4.69, 9.17) is 11.5 Å². The molecule has 14 heavy (non-hydrogen) atoms. The summed E-state index contributed by atoms with van der Waals surface area (Å²) in [6, 6.07) is 6.08. The minimum atomic E-state index is 0. The third kappa shape index (κ3) is 3.98. The second kappa shape index (κ2) is 5.88. The van der Waals surface area contributed by atoms with Crippen LogP contribution in [0.2, 0.25) is 0 Å². The maximum atomic E-state index is 5.24. The zero-order valence-corrected chi connectivity index (χ0v) is 10.2. The van der Waals surface area contributed by atoms with Crippen LogP contribution >= 0.6 is 28.3 Å². The SMILES string of the molecule is Cc1ccc(Br)c(CN=C(N)N)c1.Cl. The second-order valence-electron chi connectivity index (χ2n) is 2.84. The molecule has 0 fully saturated rings. The van der Waals surface area contributed by atoms with Crippen molar-refractivity contribution in [2.75, 3.05) is 0 Å². The summed E-state index contributed by atoms with van der Waals surface area (Å²) in [6.45, 7) is 2.55. The molecule has 0 spiro atoms. The van der Waals surface area contributed by atoms with Gasteiger partial charge < -0.3 is 11.5 Å². The van der Waals surface area contributed by atoms with Gasteiger partial charge in [0, 0.05) is 4.47 Å². The normalized spacial score (nSPS) is 9.00. The molecule has 0 saturated carbocycles. The average Bonchev–Trinajstić information content (AvgIpc) is 2.06. The Labute approximate surface area is 98.1 Å². The first kappa shape index (κ1) is 13.3. The van der Waals surface area contributed by atoms with Crippen LogP contribution in [-0.2, 0) is 6.54 Å². The minimum absolute atomic E-state index is 0. The van der Waals surface area contributed by atoms with Crippen LogP contribution in [0.1, 0.15) is 11.1 Å². The van der Waals surface area contributed by atoms with E-state index in [9.17, 15) is 0 Å². The molecule has 0 saturated heterocycles. The summed E-state index contributed by atoms with van der Waals surface area (Å²) in [5, 5.41) is 0. The fourth-order valence-electron chi connectivity index (χ4n) is 1.00. The van der Waals surface area contributed by atoms with Gasteiger partial charge in [0.25, 0.3) is 0 Å². The van der Waals surface area contributed by atoms with Gasteiger partial charge in [-0.05, 0) is 18.6 Å². The zero-order valence-electron chi connectivity index (χ0n) is 7.83. The highest BCUT2D eigenvalue weighted by Crippen LogP contribution is 2.18. The Morgan fingerprint density at radius 1 is 1.43 bits per heavy atom. The van der Waals surface area contributed by atoms with Crippen LogP contribution in [0.5, 0.6) is 0 Å². The summed E-state index contributed by atoms with van der Waals surface area (Å²) in [6.07, 6.45) is 0. The topological polar surface area (TPSA) is 64.4 Å². The van der Waals surface area contributed by atoms with Crippen LogP contribution in [0.25, 0.3) is 0 Å². The summed E-state index contributed by atoms with van der Waals surface area (Å²) >= 11 is 3.43. The van der Waals surface area contributed by atoms with Gasteiger partial charge in [-0.1, -0.05) is 33.6 Å². The molecule has 0 bridgehead atoms. The van der Waals surface area contributed by atoms with Crippen molar-refractivity contribution in [2.45, 2.75) is 13.5 Å². The first-order chi connectivity index (χ1) is 6.09. The van der Waals surface area contributed by atoms with Gasteiger partial charge in [-0.2, -0.15) is 0 Å². The molecule has 0 heterocycles. The first-order valence-electron chi connectivity index (χ1n) is 3.90. The van der Waals surface area contributed by atoms with Crippen molar-refractivity contribution in [1.29, 1.82) is 0 Å². The van der Waals surface area contributed by atoms with E-state index in [0.29, 0.717) is 6.54 Å². The molecule has 0 unspecified atom stereocenters. The monoisotopic (exact) mass is 277 g/mol. The van der Waals surface area contributed by atoms with Gasteiger partial charge in [0.2, 0.25) is 0 Å². The first-order valence-corrected chi connectivity index (χ1v) is 4.69. The predicted octanol–water partition coefficient (Wildman–Crippen LogP) is 1.95. The number of hydrogen-bond donors (Lipinski definition) is 2. The summed E-state index contributed by atoms with van der Waals surface area (Å²) in [5.74, 6) is 0.119. The lowest BCUT2D eigenvalue weighted by atomic mass is 10.1. The van der Waals surface area contributed by atoms with E-state index in [1.807, 2.05) is 19.1 Å². The fraction of sp³-hybridized carbons (Fsp3) is 0.222. The summed E-state index contributed by atoms with van der Waals surface area (Å²) < 4.78 is 1.03. The number of guanidine groups is 1. The number of halogens is 2. The molecule has 1 rings (SSSR count). The zero-order chi connectivity index (χ0) is 9.84. The van der Waals surface area contributed by atoms with Crippen molar-refractivity contribution in [3.8, 4) is 0 Å². The van der Waals surface area contributed by atoms with E-state index in [2.05, 4.69) is 27.0 Å². The molecule has 0 aliphatic heterocycles. The van der Waals surface area contributed by atoms with Crippen LogP contribution < -0.4 is 11.5 Å². The molecule has 0 radical (unpaired) electrons. The summed E-state index contributed by atoms with van der Waals surface area (Å²) in [4.78, 5) is 3.94. The average molecular weight is 279 g/mol. The van der Waals surface area contributed by atoms with Gasteiger partial charge in [0.05, 0.1) is 6.54 Å². The van der Waals surface area contributed by atoms with Crippen molar-refractivity contribution in [2.24, 2.45) is 16.5 Å².